The molecule has 0 bridgehead atoms. The number of carbonyl (C=O) groups is 1. The van der Waals surface area contributed by atoms with Gasteiger partial charge in [-0.15, -0.1) is 4.68 Å². The highest BCUT2D eigenvalue weighted by Crippen LogP contribution is 2.13. The van der Waals surface area contributed by atoms with Gasteiger partial charge >= 0.3 is 11.8 Å². The van der Waals surface area contributed by atoms with E-state index < -0.39 is 10.9 Å². The Bertz CT molecular complexity index is 589. The molecule has 0 spiro atoms. The van der Waals surface area contributed by atoms with Crippen LogP contribution in [0.5, 0.6) is 0 Å². The number of benzene rings is 1. The Kier molecular flexibility index (Phi) is 3.05. The van der Waals surface area contributed by atoms with Crippen molar-refractivity contribution in [1.29, 1.82) is 0 Å². The highest BCUT2D eigenvalue weighted by molar-refractivity contribution is 5.89. The van der Waals surface area contributed by atoms with Gasteiger partial charge in [0, 0.05) is 0 Å². The molecule has 0 saturated carbocycles. The first kappa shape index (κ1) is 11.8. The molecule has 0 aliphatic carbocycles. The van der Waals surface area contributed by atoms with Crippen molar-refractivity contribution in [3.05, 3.63) is 52.2 Å². The summed E-state index contributed by atoms with van der Waals surface area (Å²) in [5.41, 5.74) is 1.03. The summed E-state index contributed by atoms with van der Waals surface area (Å²) in [7, 11) is 1.30. The van der Waals surface area contributed by atoms with Crippen molar-refractivity contribution in [2.24, 2.45) is 0 Å². The average molecular weight is 247 g/mol. The minimum Gasteiger partial charge on any atom is -0.465 e. The van der Waals surface area contributed by atoms with Crippen LogP contribution in [-0.4, -0.2) is 27.8 Å². The minimum atomic E-state index is -0.570. The Balaban J connectivity index is 2.28. The van der Waals surface area contributed by atoms with Crippen LogP contribution in [0.3, 0.4) is 0 Å². The third-order valence-corrected chi connectivity index (χ3v) is 2.32. The lowest BCUT2D eigenvalue weighted by Gasteiger charge is -2.00. The largest absolute Gasteiger partial charge is 0.465 e. The number of aromatic nitrogens is 2. The lowest BCUT2D eigenvalue weighted by Crippen LogP contribution is -2.02. The number of esters is 1. The molecule has 0 aliphatic heterocycles. The zero-order valence-corrected chi connectivity index (χ0v) is 9.44. The van der Waals surface area contributed by atoms with E-state index in [0.717, 1.165) is 0 Å². The van der Waals surface area contributed by atoms with Crippen LogP contribution in [0, 0.1) is 10.1 Å². The highest BCUT2D eigenvalue weighted by Gasteiger charge is 2.12. The fourth-order valence-corrected chi connectivity index (χ4v) is 1.42. The normalized spacial score (nSPS) is 10.1. The summed E-state index contributed by atoms with van der Waals surface area (Å²) in [5, 5.41) is 14.3. The molecule has 1 aromatic heterocycles. The quantitative estimate of drug-likeness (QED) is 0.466. The van der Waals surface area contributed by atoms with Gasteiger partial charge in [-0.1, -0.05) is 0 Å². The van der Waals surface area contributed by atoms with Gasteiger partial charge in [-0.25, -0.2) is 4.79 Å². The van der Waals surface area contributed by atoms with E-state index in [-0.39, 0.29) is 5.82 Å². The summed E-state index contributed by atoms with van der Waals surface area (Å²) >= 11 is 0. The molecule has 0 N–H and O–H groups in total. The molecular formula is C11H9N3O4. The first-order valence-corrected chi connectivity index (χ1v) is 5.00. The second kappa shape index (κ2) is 4.66. The number of ether oxygens (including phenoxy) is 1. The summed E-state index contributed by atoms with van der Waals surface area (Å²) in [4.78, 5) is 21.1. The Morgan fingerprint density at radius 2 is 2.00 bits per heavy atom. The van der Waals surface area contributed by atoms with E-state index in [0.29, 0.717) is 11.3 Å². The zero-order valence-electron chi connectivity index (χ0n) is 9.44. The second-order valence-corrected chi connectivity index (χ2v) is 3.41. The van der Waals surface area contributed by atoms with Gasteiger partial charge < -0.3 is 14.9 Å². The number of carbonyl (C=O) groups excluding carboxylic acids is 1. The minimum absolute atomic E-state index is 0.230. The standard InChI is InChI=1S/C11H9N3O4/c1-18-11(15)8-2-4-9(5-3-8)13-7-6-10(12-13)14(16)17/h2-7H,1H3. The van der Waals surface area contributed by atoms with Gasteiger partial charge in [-0.05, 0) is 29.2 Å². The Labute approximate surface area is 102 Å². The van der Waals surface area contributed by atoms with Crippen molar-refractivity contribution >= 4 is 11.8 Å². The number of rotatable bonds is 3. The van der Waals surface area contributed by atoms with Crippen molar-refractivity contribution in [1.82, 2.24) is 9.78 Å². The molecule has 0 atom stereocenters. The lowest BCUT2D eigenvalue weighted by atomic mass is 10.2. The summed E-state index contributed by atoms with van der Waals surface area (Å²) in [6, 6.07) is 7.68. The first-order chi connectivity index (χ1) is 8.61. The van der Waals surface area contributed by atoms with Gasteiger partial charge in [0.1, 0.15) is 0 Å². The Morgan fingerprint density at radius 1 is 1.33 bits per heavy atom. The number of hydrogen-bond acceptors (Lipinski definition) is 5. The summed E-state index contributed by atoms with van der Waals surface area (Å²) < 4.78 is 5.93. The monoisotopic (exact) mass is 247 g/mol. The van der Waals surface area contributed by atoms with Crippen LogP contribution in [0.1, 0.15) is 10.4 Å². The maximum atomic E-state index is 11.2. The van der Waals surface area contributed by atoms with Crippen LogP contribution in [0.25, 0.3) is 5.69 Å². The zero-order chi connectivity index (χ0) is 13.1. The highest BCUT2D eigenvalue weighted by atomic mass is 16.6. The molecule has 18 heavy (non-hydrogen) atoms. The SMILES string of the molecule is COC(=O)c1ccc(-n2ccc([N+](=O)[O-])n2)cc1. The van der Waals surface area contributed by atoms with Crippen molar-refractivity contribution < 1.29 is 14.5 Å². The molecule has 2 aromatic rings. The molecule has 7 heteroatoms. The van der Waals surface area contributed by atoms with E-state index in [1.165, 1.54) is 24.1 Å². The van der Waals surface area contributed by atoms with Crippen molar-refractivity contribution in [2.45, 2.75) is 0 Å². The number of hydrogen-bond donors (Lipinski definition) is 0. The first-order valence-electron chi connectivity index (χ1n) is 5.00. The molecule has 1 aromatic carbocycles. The van der Waals surface area contributed by atoms with Crippen LogP contribution in [0.2, 0.25) is 0 Å². The van der Waals surface area contributed by atoms with E-state index in [1.807, 2.05) is 0 Å². The van der Waals surface area contributed by atoms with E-state index in [9.17, 15) is 14.9 Å². The van der Waals surface area contributed by atoms with E-state index in [4.69, 9.17) is 0 Å². The molecule has 7 nitrogen and oxygen atoms in total. The Morgan fingerprint density at radius 3 is 2.50 bits per heavy atom. The second-order valence-electron chi connectivity index (χ2n) is 3.41. The molecule has 0 saturated heterocycles. The third kappa shape index (κ3) is 2.19. The molecule has 0 fully saturated rings. The molecule has 0 unspecified atom stereocenters. The average Bonchev–Trinajstić information content (AvgIpc) is 2.88. The van der Waals surface area contributed by atoms with Crippen molar-refractivity contribution in [2.75, 3.05) is 7.11 Å². The van der Waals surface area contributed by atoms with Gasteiger partial charge in [0.05, 0.1) is 35.7 Å². The van der Waals surface area contributed by atoms with Crippen LogP contribution in [0.4, 0.5) is 5.82 Å². The summed E-state index contributed by atoms with van der Waals surface area (Å²) in [5.74, 6) is -0.667. The maximum absolute atomic E-state index is 11.2. The number of nitro groups is 1. The fraction of sp³-hybridized carbons (Fsp3) is 0.0909. The van der Waals surface area contributed by atoms with Crippen molar-refractivity contribution in [3.8, 4) is 5.69 Å². The molecule has 1 heterocycles. The van der Waals surface area contributed by atoms with Crippen molar-refractivity contribution in [3.63, 3.8) is 0 Å². The predicted octanol–water partition coefficient (Wildman–Crippen LogP) is 1.57. The van der Waals surface area contributed by atoms with E-state index in [1.54, 1.807) is 24.3 Å². The van der Waals surface area contributed by atoms with Gasteiger partial charge in [-0.3, -0.25) is 0 Å². The molecule has 92 valence electrons. The lowest BCUT2D eigenvalue weighted by molar-refractivity contribution is -0.389. The Hall–Kier alpha value is -2.70. The topological polar surface area (TPSA) is 87.3 Å². The van der Waals surface area contributed by atoms with Crippen LogP contribution in [0.15, 0.2) is 36.5 Å². The summed E-state index contributed by atoms with van der Waals surface area (Å²) in [6.45, 7) is 0. The molecule has 0 radical (unpaired) electrons. The molecular weight excluding hydrogens is 238 g/mol. The van der Waals surface area contributed by atoms with Gasteiger partial charge in [0.15, 0.2) is 0 Å². The predicted molar refractivity (Wildman–Crippen MR) is 61.6 cm³/mol. The smallest absolute Gasteiger partial charge is 0.390 e. The van der Waals surface area contributed by atoms with Crippen LogP contribution in [-0.2, 0) is 4.74 Å². The number of nitrogens with zero attached hydrogens (tertiary/aromatic N) is 3. The van der Waals surface area contributed by atoms with E-state index >= 15 is 0 Å². The summed E-state index contributed by atoms with van der Waals surface area (Å²) in [6.07, 6.45) is 1.48. The van der Waals surface area contributed by atoms with Gasteiger partial charge in [0.25, 0.3) is 0 Å². The third-order valence-electron chi connectivity index (χ3n) is 2.32. The molecule has 0 aliphatic rings. The van der Waals surface area contributed by atoms with Gasteiger partial charge in [-0.2, -0.15) is 0 Å². The molecule has 2 rings (SSSR count). The number of methoxy groups -OCH3 is 1. The fourth-order valence-electron chi connectivity index (χ4n) is 1.42. The molecule has 0 amide bonds. The van der Waals surface area contributed by atoms with Crippen LogP contribution < -0.4 is 0 Å². The van der Waals surface area contributed by atoms with Gasteiger partial charge in [0.2, 0.25) is 0 Å². The van der Waals surface area contributed by atoms with E-state index in [2.05, 4.69) is 9.84 Å². The maximum Gasteiger partial charge on any atom is 0.390 e. The van der Waals surface area contributed by atoms with Crippen LogP contribution >= 0.6 is 0 Å².